The molecule has 1 aromatic rings. The van der Waals surface area contributed by atoms with Crippen molar-refractivity contribution in [1.82, 2.24) is 5.32 Å². The van der Waals surface area contributed by atoms with E-state index >= 15 is 0 Å². The maximum atomic E-state index is 13.2. The summed E-state index contributed by atoms with van der Waals surface area (Å²) in [7, 11) is 0. The second kappa shape index (κ2) is 6.59. The van der Waals surface area contributed by atoms with Crippen LogP contribution in [0.25, 0.3) is 0 Å². The number of ether oxygens (including phenoxy) is 1. The molecule has 1 saturated heterocycles. The maximum absolute atomic E-state index is 13.2. The van der Waals surface area contributed by atoms with Gasteiger partial charge in [-0.1, -0.05) is 0 Å². The lowest BCUT2D eigenvalue weighted by Gasteiger charge is -2.19. The van der Waals surface area contributed by atoms with Gasteiger partial charge in [0.15, 0.2) is 0 Å². The van der Waals surface area contributed by atoms with Crippen molar-refractivity contribution in [3.05, 3.63) is 24.0 Å². The number of hydrogen-bond acceptors (Lipinski definition) is 3. The molecule has 1 unspecified atom stereocenters. The Morgan fingerprint density at radius 1 is 1.39 bits per heavy atom. The highest BCUT2D eigenvalue weighted by atomic mass is 19.1. The van der Waals surface area contributed by atoms with Gasteiger partial charge in [0.05, 0.1) is 12.3 Å². The third-order valence-corrected chi connectivity index (χ3v) is 3.18. The minimum Gasteiger partial charge on any atom is -0.492 e. The maximum Gasteiger partial charge on any atom is 0.145 e. The molecule has 1 atom stereocenters. The summed E-state index contributed by atoms with van der Waals surface area (Å²) in [5.74, 6) is 0.348. The minimum absolute atomic E-state index is 0.258. The Balaban J connectivity index is 2.06. The van der Waals surface area contributed by atoms with E-state index in [0.29, 0.717) is 18.4 Å². The molecule has 1 heterocycles. The van der Waals surface area contributed by atoms with E-state index in [-0.39, 0.29) is 5.82 Å². The Bertz CT molecular complexity index is 376. The largest absolute Gasteiger partial charge is 0.492 e. The van der Waals surface area contributed by atoms with Crippen molar-refractivity contribution in [3.63, 3.8) is 0 Å². The first kappa shape index (κ1) is 13.1. The van der Waals surface area contributed by atoms with Gasteiger partial charge in [-0.25, -0.2) is 4.39 Å². The van der Waals surface area contributed by atoms with E-state index in [1.807, 2.05) is 6.92 Å². The summed E-state index contributed by atoms with van der Waals surface area (Å²) in [6.07, 6.45) is 3.39. The molecule has 0 radical (unpaired) electrons. The molecule has 0 aliphatic carbocycles. The summed E-state index contributed by atoms with van der Waals surface area (Å²) in [4.78, 5) is 0. The first-order valence-corrected chi connectivity index (χ1v) is 6.69. The standard InChI is InChI=1S/C14H21FN2O/c1-2-18-14-10-11(15)5-6-13(14)17-12-4-3-8-16-9-7-12/h5-6,10,12,16-17H,2-4,7-9H2,1H3. The Kier molecular flexibility index (Phi) is 4.81. The SMILES string of the molecule is CCOc1cc(F)ccc1NC1CCCNCC1. The summed E-state index contributed by atoms with van der Waals surface area (Å²) in [5.41, 5.74) is 0.894. The fourth-order valence-corrected chi connectivity index (χ4v) is 2.27. The van der Waals surface area contributed by atoms with E-state index in [4.69, 9.17) is 4.74 Å². The van der Waals surface area contributed by atoms with Gasteiger partial charge >= 0.3 is 0 Å². The van der Waals surface area contributed by atoms with Gasteiger partial charge in [0, 0.05) is 12.1 Å². The molecule has 1 fully saturated rings. The van der Waals surface area contributed by atoms with E-state index in [9.17, 15) is 4.39 Å². The summed E-state index contributed by atoms with van der Waals surface area (Å²) in [5, 5.41) is 6.85. The van der Waals surface area contributed by atoms with Crippen LogP contribution in [0.4, 0.5) is 10.1 Å². The van der Waals surface area contributed by atoms with Gasteiger partial charge < -0.3 is 15.4 Å². The fourth-order valence-electron chi connectivity index (χ4n) is 2.27. The van der Waals surface area contributed by atoms with Crippen LogP contribution in [0.5, 0.6) is 5.75 Å². The van der Waals surface area contributed by atoms with Crippen molar-refractivity contribution in [1.29, 1.82) is 0 Å². The molecule has 0 spiro atoms. The molecule has 3 nitrogen and oxygen atoms in total. The van der Waals surface area contributed by atoms with E-state index in [2.05, 4.69) is 10.6 Å². The average Bonchev–Trinajstić information content (AvgIpc) is 2.61. The van der Waals surface area contributed by atoms with Crippen molar-refractivity contribution in [2.24, 2.45) is 0 Å². The van der Waals surface area contributed by atoms with E-state index < -0.39 is 0 Å². The molecule has 1 aliphatic heterocycles. The smallest absolute Gasteiger partial charge is 0.145 e. The number of halogens is 1. The number of hydrogen-bond donors (Lipinski definition) is 2. The zero-order valence-electron chi connectivity index (χ0n) is 10.8. The molecule has 0 aromatic heterocycles. The molecular formula is C14H21FN2O. The first-order valence-electron chi connectivity index (χ1n) is 6.69. The van der Waals surface area contributed by atoms with Gasteiger partial charge in [0.2, 0.25) is 0 Å². The van der Waals surface area contributed by atoms with E-state index in [1.54, 1.807) is 6.07 Å². The molecule has 100 valence electrons. The van der Waals surface area contributed by atoms with E-state index in [0.717, 1.165) is 31.6 Å². The summed E-state index contributed by atoms with van der Waals surface area (Å²) < 4.78 is 18.7. The van der Waals surface area contributed by atoms with Crippen molar-refractivity contribution in [3.8, 4) is 5.75 Å². The van der Waals surface area contributed by atoms with Crippen LogP contribution in [0.1, 0.15) is 26.2 Å². The number of rotatable bonds is 4. The normalized spacial score (nSPS) is 20.2. The summed E-state index contributed by atoms with van der Waals surface area (Å²) in [6.45, 7) is 4.57. The lowest BCUT2D eigenvalue weighted by atomic mass is 10.1. The Labute approximate surface area is 108 Å². The van der Waals surface area contributed by atoms with E-state index in [1.165, 1.54) is 18.6 Å². The third-order valence-electron chi connectivity index (χ3n) is 3.18. The molecule has 0 saturated carbocycles. The topological polar surface area (TPSA) is 33.3 Å². The van der Waals surface area contributed by atoms with Crippen LogP contribution in [0.15, 0.2) is 18.2 Å². The zero-order valence-corrected chi connectivity index (χ0v) is 10.8. The van der Waals surface area contributed by atoms with Crippen molar-refractivity contribution >= 4 is 5.69 Å². The molecule has 1 aromatic carbocycles. The highest BCUT2D eigenvalue weighted by molar-refractivity contribution is 5.57. The Morgan fingerprint density at radius 2 is 2.28 bits per heavy atom. The number of benzene rings is 1. The predicted octanol–water partition coefficient (Wildman–Crippen LogP) is 2.78. The Hall–Kier alpha value is -1.29. The molecule has 4 heteroatoms. The van der Waals surface area contributed by atoms with Crippen LogP contribution in [0, 0.1) is 5.82 Å². The zero-order chi connectivity index (χ0) is 12.8. The molecule has 18 heavy (non-hydrogen) atoms. The molecule has 0 bridgehead atoms. The first-order chi connectivity index (χ1) is 8.79. The third kappa shape index (κ3) is 3.60. The molecule has 1 aliphatic rings. The van der Waals surface area contributed by atoms with Crippen LogP contribution in [-0.4, -0.2) is 25.7 Å². The van der Waals surface area contributed by atoms with Gasteiger partial charge in [-0.05, 0) is 51.4 Å². The molecule has 2 N–H and O–H groups in total. The molecule has 0 amide bonds. The van der Waals surface area contributed by atoms with Crippen LogP contribution in [0.3, 0.4) is 0 Å². The summed E-state index contributed by atoms with van der Waals surface area (Å²) in [6, 6.07) is 5.11. The highest BCUT2D eigenvalue weighted by Crippen LogP contribution is 2.27. The van der Waals surface area contributed by atoms with Crippen molar-refractivity contribution in [2.75, 3.05) is 25.0 Å². The Morgan fingerprint density at radius 3 is 3.11 bits per heavy atom. The van der Waals surface area contributed by atoms with Gasteiger partial charge in [0.25, 0.3) is 0 Å². The lowest BCUT2D eigenvalue weighted by molar-refractivity contribution is 0.339. The second-order valence-electron chi connectivity index (χ2n) is 4.60. The average molecular weight is 252 g/mol. The summed E-state index contributed by atoms with van der Waals surface area (Å²) >= 11 is 0. The molecule has 2 rings (SSSR count). The molecular weight excluding hydrogens is 231 g/mol. The van der Waals surface area contributed by atoms with Gasteiger partial charge in [0.1, 0.15) is 11.6 Å². The van der Waals surface area contributed by atoms with Gasteiger partial charge in [-0.3, -0.25) is 0 Å². The van der Waals surface area contributed by atoms with Crippen LogP contribution in [-0.2, 0) is 0 Å². The quantitative estimate of drug-likeness (QED) is 0.864. The van der Waals surface area contributed by atoms with Crippen LogP contribution < -0.4 is 15.4 Å². The van der Waals surface area contributed by atoms with Gasteiger partial charge in [-0.2, -0.15) is 0 Å². The second-order valence-corrected chi connectivity index (χ2v) is 4.60. The number of nitrogens with one attached hydrogen (secondary N) is 2. The lowest BCUT2D eigenvalue weighted by Crippen LogP contribution is -2.21. The van der Waals surface area contributed by atoms with Crippen molar-refractivity contribution in [2.45, 2.75) is 32.2 Å². The fraction of sp³-hybridized carbons (Fsp3) is 0.571. The van der Waals surface area contributed by atoms with Crippen LogP contribution in [0.2, 0.25) is 0 Å². The minimum atomic E-state index is -0.258. The van der Waals surface area contributed by atoms with Gasteiger partial charge in [-0.15, -0.1) is 0 Å². The highest BCUT2D eigenvalue weighted by Gasteiger charge is 2.14. The number of anilines is 1. The monoisotopic (exact) mass is 252 g/mol. The predicted molar refractivity (Wildman–Crippen MR) is 71.7 cm³/mol. The van der Waals surface area contributed by atoms with Crippen molar-refractivity contribution < 1.29 is 9.13 Å². The van der Waals surface area contributed by atoms with Crippen LogP contribution >= 0.6 is 0 Å².